The normalized spacial score (nSPS) is 16.6. The van der Waals surface area contributed by atoms with Gasteiger partial charge >= 0.3 is 5.97 Å². The number of anilines is 1. The molecule has 11 heteroatoms. The zero-order valence-corrected chi connectivity index (χ0v) is 22.0. The Balaban J connectivity index is 0.000000455. The third kappa shape index (κ3) is 6.24. The van der Waals surface area contributed by atoms with Crippen LogP contribution in [0, 0.1) is 17.8 Å². The number of carboxylic acid groups (broad SMARTS) is 1. The van der Waals surface area contributed by atoms with E-state index in [9.17, 15) is 19.2 Å². The van der Waals surface area contributed by atoms with Gasteiger partial charge in [0.25, 0.3) is 0 Å². The Morgan fingerprint density at radius 1 is 0.949 bits per heavy atom. The molecule has 0 unspecified atom stereocenters. The minimum atomic E-state index is -0.630. The molecule has 3 fully saturated rings. The van der Waals surface area contributed by atoms with Crippen LogP contribution in [0.15, 0.2) is 42.5 Å². The summed E-state index contributed by atoms with van der Waals surface area (Å²) in [5.41, 5.74) is 3.34. The predicted molar refractivity (Wildman–Crippen MR) is 143 cm³/mol. The maximum Gasteiger partial charge on any atom is 0.306 e. The first kappa shape index (κ1) is 26.3. The van der Waals surface area contributed by atoms with E-state index in [1.54, 1.807) is 28.4 Å². The molecular formula is C28H32N6O5. The van der Waals surface area contributed by atoms with Gasteiger partial charge in [-0.05, 0) is 43.4 Å². The molecule has 1 aliphatic heterocycles. The lowest BCUT2D eigenvalue weighted by Gasteiger charge is -2.39. The molecule has 2 aromatic heterocycles. The molecule has 39 heavy (non-hydrogen) atoms. The number of aromatic nitrogens is 3. The number of amides is 3. The van der Waals surface area contributed by atoms with Crippen LogP contribution < -0.4 is 5.32 Å². The average Bonchev–Trinajstić information content (AvgIpc) is 3.79. The number of carboxylic acids is 1. The molecule has 3 aromatic rings. The summed E-state index contributed by atoms with van der Waals surface area (Å²) in [6, 6.07) is 13.5. The Morgan fingerprint density at radius 2 is 1.62 bits per heavy atom. The molecule has 2 saturated carbocycles. The van der Waals surface area contributed by atoms with Gasteiger partial charge in [-0.15, -0.1) is 5.10 Å². The molecule has 2 aliphatic carbocycles. The highest BCUT2D eigenvalue weighted by Gasteiger charge is 2.36. The number of hydrogen-bond donors (Lipinski definition) is 2. The number of likely N-dealkylation sites (tertiary alicyclic amines) is 1. The number of hydrogen-bond acceptors (Lipinski definition) is 6. The van der Waals surface area contributed by atoms with E-state index in [4.69, 9.17) is 5.11 Å². The van der Waals surface area contributed by atoms with E-state index in [0.717, 1.165) is 42.5 Å². The molecule has 2 N–H and O–H groups in total. The number of nitrogens with one attached hydrogen (secondary N) is 1. The Morgan fingerprint density at radius 3 is 2.18 bits per heavy atom. The van der Waals surface area contributed by atoms with E-state index >= 15 is 0 Å². The van der Waals surface area contributed by atoms with Crippen LogP contribution in [-0.4, -0.2) is 80.4 Å². The predicted octanol–water partition coefficient (Wildman–Crippen LogP) is 2.31. The van der Waals surface area contributed by atoms with Crippen LogP contribution in [0.4, 0.5) is 5.95 Å². The zero-order chi connectivity index (χ0) is 27.7. The number of nitrogens with zero attached hydrogens (tertiary/aromatic N) is 5. The Bertz CT molecular complexity index is 1400. The number of fused-ring (bicyclic) bond motifs is 1. The maximum atomic E-state index is 12.5. The molecule has 6 rings (SSSR count). The van der Waals surface area contributed by atoms with Crippen molar-refractivity contribution in [3.05, 3.63) is 48.0 Å². The van der Waals surface area contributed by atoms with Crippen molar-refractivity contribution in [2.45, 2.75) is 32.1 Å². The summed E-state index contributed by atoms with van der Waals surface area (Å²) in [6.45, 7) is 0.976. The van der Waals surface area contributed by atoms with Crippen molar-refractivity contribution >= 4 is 35.3 Å². The smallest absolute Gasteiger partial charge is 0.306 e. The molecule has 0 bridgehead atoms. The molecule has 0 atom stereocenters. The topological polar surface area (TPSA) is 137 Å². The number of pyridine rings is 1. The highest BCUT2D eigenvalue weighted by atomic mass is 16.4. The summed E-state index contributed by atoms with van der Waals surface area (Å²) in [5.74, 6) is -0.236. The van der Waals surface area contributed by atoms with E-state index in [1.165, 1.54) is 0 Å². The van der Waals surface area contributed by atoms with Gasteiger partial charge in [0.2, 0.25) is 23.7 Å². The Hall–Kier alpha value is -4.28. The van der Waals surface area contributed by atoms with Crippen LogP contribution in [0.5, 0.6) is 0 Å². The first-order chi connectivity index (χ1) is 18.7. The molecule has 11 nitrogen and oxygen atoms in total. The van der Waals surface area contributed by atoms with Crippen LogP contribution in [-0.2, 0) is 25.6 Å². The van der Waals surface area contributed by atoms with Gasteiger partial charge in [0.1, 0.15) is 0 Å². The minimum absolute atomic E-state index is 0.0185. The van der Waals surface area contributed by atoms with Crippen LogP contribution in [0.3, 0.4) is 0 Å². The molecule has 3 heterocycles. The Labute approximate surface area is 225 Å². The number of aliphatic carboxylic acids is 1. The van der Waals surface area contributed by atoms with Crippen LogP contribution >= 0.6 is 0 Å². The number of benzene rings is 1. The molecule has 3 amide bonds. The van der Waals surface area contributed by atoms with Crippen molar-refractivity contribution < 1.29 is 24.3 Å². The first-order valence-electron chi connectivity index (χ1n) is 13.2. The fourth-order valence-corrected chi connectivity index (χ4v) is 4.35. The van der Waals surface area contributed by atoms with Gasteiger partial charge in [0.15, 0.2) is 5.65 Å². The molecule has 3 aliphatic rings. The summed E-state index contributed by atoms with van der Waals surface area (Å²) in [4.78, 5) is 54.0. The summed E-state index contributed by atoms with van der Waals surface area (Å²) in [7, 11) is 3.47. The highest BCUT2D eigenvalue weighted by molar-refractivity contribution is 5.92. The highest BCUT2D eigenvalue weighted by Crippen LogP contribution is 2.30. The SMILES string of the molecule is CN(C)C(=O)C1CN(C(=O)Cc2ccc(-c3cccc4nc(NC(=O)C5CC5)nn34)cc2)C1.O=C(O)C1CC1. The monoisotopic (exact) mass is 532 g/mol. The lowest BCUT2D eigenvalue weighted by atomic mass is 9.97. The van der Waals surface area contributed by atoms with Crippen molar-refractivity contribution in [3.63, 3.8) is 0 Å². The number of carbonyl (C=O) groups excluding carboxylic acids is 3. The fraction of sp³-hybridized carbons (Fsp3) is 0.429. The molecule has 0 radical (unpaired) electrons. The molecule has 204 valence electrons. The lowest BCUT2D eigenvalue weighted by molar-refractivity contribution is -0.146. The lowest BCUT2D eigenvalue weighted by Crippen LogP contribution is -2.55. The van der Waals surface area contributed by atoms with E-state index in [0.29, 0.717) is 31.1 Å². The van der Waals surface area contributed by atoms with Gasteiger partial charge in [0, 0.05) is 38.7 Å². The zero-order valence-electron chi connectivity index (χ0n) is 22.0. The van der Waals surface area contributed by atoms with E-state index < -0.39 is 5.97 Å². The van der Waals surface area contributed by atoms with Gasteiger partial charge < -0.3 is 14.9 Å². The Kier molecular flexibility index (Phi) is 7.32. The van der Waals surface area contributed by atoms with Crippen LogP contribution in [0.2, 0.25) is 0 Å². The van der Waals surface area contributed by atoms with Gasteiger partial charge in [-0.25, -0.2) is 4.52 Å². The van der Waals surface area contributed by atoms with Crippen LogP contribution in [0.25, 0.3) is 16.9 Å². The van der Waals surface area contributed by atoms with Crippen molar-refractivity contribution in [3.8, 4) is 11.3 Å². The van der Waals surface area contributed by atoms with Crippen molar-refractivity contribution in [2.24, 2.45) is 17.8 Å². The first-order valence-corrected chi connectivity index (χ1v) is 13.2. The van der Waals surface area contributed by atoms with E-state index in [2.05, 4.69) is 15.4 Å². The quantitative estimate of drug-likeness (QED) is 0.476. The number of carbonyl (C=O) groups is 4. The molecule has 1 saturated heterocycles. The van der Waals surface area contributed by atoms with E-state index in [-0.39, 0.29) is 35.5 Å². The van der Waals surface area contributed by atoms with Gasteiger partial charge in [-0.1, -0.05) is 30.3 Å². The second-order valence-electron chi connectivity index (χ2n) is 10.6. The maximum absolute atomic E-state index is 12.5. The van der Waals surface area contributed by atoms with E-state index in [1.807, 2.05) is 42.5 Å². The second kappa shape index (κ2) is 10.8. The molecule has 0 spiro atoms. The van der Waals surface area contributed by atoms with Crippen LogP contribution in [0.1, 0.15) is 31.2 Å². The van der Waals surface area contributed by atoms with Gasteiger partial charge in [-0.3, -0.25) is 24.5 Å². The van der Waals surface area contributed by atoms with Crippen molar-refractivity contribution in [2.75, 3.05) is 32.5 Å². The van der Waals surface area contributed by atoms with Crippen molar-refractivity contribution in [1.82, 2.24) is 24.4 Å². The second-order valence-corrected chi connectivity index (χ2v) is 10.6. The summed E-state index contributed by atoms with van der Waals surface area (Å²) < 4.78 is 1.71. The average molecular weight is 533 g/mol. The summed E-state index contributed by atoms with van der Waals surface area (Å²) in [5, 5.41) is 15.3. The minimum Gasteiger partial charge on any atom is -0.481 e. The molecular weight excluding hydrogens is 500 g/mol. The van der Waals surface area contributed by atoms with Crippen molar-refractivity contribution in [1.29, 1.82) is 0 Å². The number of rotatable bonds is 7. The van der Waals surface area contributed by atoms with Gasteiger partial charge in [-0.2, -0.15) is 4.98 Å². The van der Waals surface area contributed by atoms with Gasteiger partial charge in [0.05, 0.1) is 24.0 Å². The largest absolute Gasteiger partial charge is 0.481 e. The summed E-state index contributed by atoms with van der Waals surface area (Å²) in [6.07, 6.45) is 3.94. The third-order valence-corrected chi connectivity index (χ3v) is 7.10. The summed E-state index contributed by atoms with van der Waals surface area (Å²) >= 11 is 0. The standard InChI is InChI=1S/C24H26N6O3.C4H6O2/c1-28(2)23(33)18-13-29(14-18)21(31)12-15-6-8-16(9-7-15)19-4-3-5-20-25-24(27-30(19)20)26-22(32)17-10-11-17;5-4(6)3-1-2-3/h3-9,17-18H,10-14H2,1-2H3,(H,26,27,32);3H,1-2H2,(H,5,6). The molecule has 1 aromatic carbocycles. The fourth-order valence-electron chi connectivity index (χ4n) is 4.35. The third-order valence-electron chi connectivity index (χ3n) is 7.10.